The second kappa shape index (κ2) is 7.66. The lowest BCUT2D eigenvalue weighted by Gasteiger charge is -2.18. The summed E-state index contributed by atoms with van der Waals surface area (Å²) in [5.41, 5.74) is 1.09. The number of nitrogens with one attached hydrogen (secondary N) is 1. The molecule has 2 amide bonds. The lowest BCUT2D eigenvalue weighted by atomic mass is 10.0. The van der Waals surface area contributed by atoms with E-state index in [9.17, 15) is 22.8 Å². The summed E-state index contributed by atoms with van der Waals surface area (Å²) in [6, 6.07) is 12.1. The first-order chi connectivity index (χ1) is 13.1. The van der Waals surface area contributed by atoms with Gasteiger partial charge >= 0.3 is 6.18 Å². The van der Waals surface area contributed by atoms with Crippen LogP contribution in [0.4, 0.5) is 24.5 Å². The predicted molar refractivity (Wildman–Crippen MR) is 101 cm³/mol. The van der Waals surface area contributed by atoms with E-state index in [1.54, 1.807) is 4.90 Å². The third kappa shape index (κ3) is 4.35. The Bertz CT molecular complexity index is 876. The Morgan fingerprint density at radius 1 is 1.14 bits per heavy atom. The summed E-state index contributed by atoms with van der Waals surface area (Å²) in [7, 11) is 0. The molecule has 0 radical (unpaired) electrons. The van der Waals surface area contributed by atoms with Gasteiger partial charge in [0.05, 0.1) is 11.5 Å². The molecule has 0 aromatic heterocycles. The molecule has 1 aliphatic heterocycles. The lowest BCUT2D eigenvalue weighted by molar-refractivity contribution is -0.137. The van der Waals surface area contributed by atoms with E-state index in [2.05, 4.69) is 19.2 Å². The fourth-order valence-corrected chi connectivity index (χ4v) is 3.19. The number of anilines is 2. The molecule has 1 atom stereocenters. The predicted octanol–water partition coefficient (Wildman–Crippen LogP) is 4.82. The van der Waals surface area contributed by atoms with Crippen LogP contribution in [0, 0.1) is 5.92 Å². The molecule has 0 aliphatic carbocycles. The van der Waals surface area contributed by atoms with Crippen LogP contribution in [0.1, 0.15) is 37.3 Å². The molecule has 0 bridgehead atoms. The molecule has 0 saturated carbocycles. The summed E-state index contributed by atoms with van der Waals surface area (Å²) in [5, 5.41) is 2.50. The number of alkyl halides is 3. The van der Waals surface area contributed by atoms with Gasteiger partial charge in [-0.1, -0.05) is 32.0 Å². The highest BCUT2D eigenvalue weighted by Gasteiger charge is 2.35. The third-order valence-corrected chi connectivity index (χ3v) is 4.82. The van der Waals surface area contributed by atoms with Crippen molar-refractivity contribution >= 4 is 23.2 Å². The van der Waals surface area contributed by atoms with Gasteiger partial charge in [-0.25, -0.2) is 0 Å². The van der Waals surface area contributed by atoms with Gasteiger partial charge < -0.3 is 10.2 Å². The zero-order chi connectivity index (χ0) is 20.5. The Labute approximate surface area is 161 Å². The Kier molecular flexibility index (Phi) is 5.45. The van der Waals surface area contributed by atoms with Crippen LogP contribution in [0.5, 0.6) is 0 Å². The molecule has 2 aromatic carbocycles. The van der Waals surface area contributed by atoms with Gasteiger partial charge in [0, 0.05) is 24.3 Å². The van der Waals surface area contributed by atoms with Crippen LogP contribution in [-0.4, -0.2) is 18.4 Å². The molecule has 3 rings (SSSR count). The highest BCUT2D eigenvalue weighted by molar-refractivity contribution is 6.03. The maximum Gasteiger partial charge on any atom is 0.416 e. The second-order valence-electron chi connectivity index (χ2n) is 7.22. The Balaban J connectivity index is 1.68. The van der Waals surface area contributed by atoms with Crippen LogP contribution in [0.15, 0.2) is 48.5 Å². The van der Waals surface area contributed by atoms with Gasteiger partial charge in [-0.2, -0.15) is 13.2 Å². The maximum absolute atomic E-state index is 12.8. The van der Waals surface area contributed by atoms with Crippen molar-refractivity contribution in [2.75, 3.05) is 16.8 Å². The highest BCUT2D eigenvalue weighted by atomic mass is 19.4. The number of carbonyl (C=O) groups excluding carboxylic acids is 2. The first-order valence-electron chi connectivity index (χ1n) is 9.03. The van der Waals surface area contributed by atoms with Crippen LogP contribution in [-0.2, 0) is 15.8 Å². The Morgan fingerprint density at radius 2 is 1.82 bits per heavy atom. The number of rotatable bonds is 4. The summed E-state index contributed by atoms with van der Waals surface area (Å²) >= 11 is 0. The summed E-state index contributed by atoms with van der Waals surface area (Å²) in [6.07, 6.45) is -4.46. The van der Waals surface area contributed by atoms with Crippen LogP contribution in [0.25, 0.3) is 0 Å². The largest absolute Gasteiger partial charge is 0.416 e. The van der Waals surface area contributed by atoms with Crippen molar-refractivity contribution in [3.8, 4) is 0 Å². The molecule has 1 unspecified atom stereocenters. The van der Waals surface area contributed by atoms with E-state index in [0.717, 1.165) is 17.7 Å². The number of carbonyl (C=O) groups is 2. The molecule has 2 aromatic rings. The number of halogens is 3. The van der Waals surface area contributed by atoms with E-state index in [1.807, 2.05) is 24.3 Å². The smallest absolute Gasteiger partial charge is 0.326 e. The molecular formula is C21H21F3N2O2. The van der Waals surface area contributed by atoms with Gasteiger partial charge in [0.15, 0.2) is 0 Å². The van der Waals surface area contributed by atoms with Crippen molar-refractivity contribution < 1.29 is 22.8 Å². The highest BCUT2D eigenvalue weighted by Crippen LogP contribution is 2.31. The quantitative estimate of drug-likeness (QED) is 0.814. The number of amides is 2. The number of hydrogen-bond donors (Lipinski definition) is 1. The maximum atomic E-state index is 12.8. The molecule has 1 N–H and O–H groups in total. The molecule has 0 spiro atoms. The van der Waals surface area contributed by atoms with Gasteiger partial charge in [-0.15, -0.1) is 0 Å². The summed E-state index contributed by atoms with van der Waals surface area (Å²) < 4.78 is 38.4. The van der Waals surface area contributed by atoms with Crippen molar-refractivity contribution in [2.45, 2.75) is 32.4 Å². The van der Waals surface area contributed by atoms with Crippen molar-refractivity contribution in [3.63, 3.8) is 0 Å². The first-order valence-corrected chi connectivity index (χ1v) is 9.03. The van der Waals surface area contributed by atoms with Gasteiger partial charge in [0.25, 0.3) is 0 Å². The molecule has 28 heavy (non-hydrogen) atoms. The van der Waals surface area contributed by atoms with Crippen molar-refractivity contribution in [1.29, 1.82) is 0 Å². The van der Waals surface area contributed by atoms with E-state index < -0.39 is 23.6 Å². The standard InChI is InChI=1S/C21H21F3N2O2/c1-13(2)14-6-8-18(9-7-14)26-12-15(10-19(26)27)20(28)25-17-5-3-4-16(11-17)21(22,23)24/h3-9,11,13,15H,10,12H2,1-2H3,(H,25,28). The minimum Gasteiger partial charge on any atom is -0.326 e. The van der Waals surface area contributed by atoms with Crippen LogP contribution in [0.3, 0.4) is 0 Å². The molecule has 148 valence electrons. The van der Waals surface area contributed by atoms with Crippen LogP contribution < -0.4 is 10.2 Å². The van der Waals surface area contributed by atoms with Gasteiger partial charge in [-0.05, 0) is 41.8 Å². The van der Waals surface area contributed by atoms with Crippen molar-refractivity contribution in [1.82, 2.24) is 0 Å². The second-order valence-corrected chi connectivity index (χ2v) is 7.22. The van der Waals surface area contributed by atoms with Gasteiger partial charge in [0.1, 0.15) is 0 Å². The molecule has 7 heteroatoms. The van der Waals surface area contributed by atoms with E-state index in [0.29, 0.717) is 11.6 Å². The number of benzene rings is 2. The minimum atomic E-state index is -4.48. The fourth-order valence-electron chi connectivity index (χ4n) is 3.19. The number of hydrogen-bond acceptors (Lipinski definition) is 2. The third-order valence-electron chi connectivity index (χ3n) is 4.82. The van der Waals surface area contributed by atoms with Crippen LogP contribution >= 0.6 is 0 Å². The summed E-state index contributed by atoms with van der Waals surface area (Å²) in [6.45, 7) is 4.35. The van der Waals surface area contributed by atoms with Gasteiger partial charge in [0.2, 0.25) is 11.8 Å². The van der Waals surface area contributed by atoms with E-state index in [1.165, 1.54) is 12.1 Å². The molecule has 4 nitrogen and oxygen atoms in total. The molecular weight excluding hydrogens is 369 g/mol. The van der Waals surface area contributed by atoms with E-state index in [4.69, 9.17) is 0 Å². The van der Waals surface area contributed by atoms with Gasteiger partial charge in [-0.3, -0.25) is 9.59 Å². The Hall–Kier alpha value is -2.83. The Morgan fingerprint density at radius 3 is 2.43 bits per heavy atom. The average Bonchev–Trinajstić information content (AvgIpc) is 3.03. The SMILES string of the molecule is CC(C)c1ccc(N2CC(C(=O)Nc3cccc(C(F)(F)F)c3)CC2=O)cc1. The number of nitrogens with zero attached hydrogens (tertiary/aromatic N) is 1. The topological polar surface area (TPSA) is 49.4 Å². The van der Waals surface area contributed by atoms with Crippen LogP contribution in [0.2, 0.25) is 0 Å². The summed E-state index contributed by atoms with van der Waals surface area (Å²) in [4.78, 5) is 26.4. The fraction of sp³-hybridized carbons (Fsp3) is 0.333. The van der Waals surface area contributed by atoms with E-state index >= 15 is 0 Å². The average molecular weight is 390 g/mol. The molecule has 1 saturated heterocycles. The van der Waals surface area contributed by atoms with Crippen molar-refractivity contribution in [3.05, 3.63) is 59.7 Å². The monoisotopic (exact) mass is 390 g/mol. The molecule has 1 heterocycles. The molecule has 1 fully saturated rings. The summed E-state index contributed by atoms with van der Waals surface area (Å²) in [5.74, 6) is -0.892. The normalized spacial score (nSPS) is 17.3. The first kappa shape index (κ1) is 19.9. The zero-order valence-corrected chi connectivity index (χ0v) is 15.6. The molecule has 1 aliphatic rings. The minimum absolute atomic E-state index is 0.0245. The van der Waals surface area contributed by atoms with Crippen molar-refractivity contribution in [2.24, 2.45) is 5.92 Å². The van der Waals surface area contributed by atoms with E-state index in [-0.39, 0.29) is 24.6 Å². The lowest BCUT2D eigenvalue weighted by Crippen LogP contribution is -2.28. The zero-order valence-electron chi connectivity index (χ0n) is 15.6.